The van der Waals surface area contributed by atoms with Crippen LogP contribution in [0.5, 0.6) is 0 Å². The fraction of sp³-hybridized carbons (Fsp3) is 0.923. The molecule has 1 rings (SSSR count). The lowest BCUT2D eigenvalue weighted by molar-refractivity contribution is -0.172. The quantitative estimate of drug-likeness (QED) is 0.669. The highest BCUT2D eigenvalue weighted by atomic mass is 16.5. The summed E-state index contributed by atoms with van der Waals surface area (Å²) < 4.78 is 5.84. The summed E-state index contributed by atoms with van der Waals surface area (Å²) in [4.78, 5) is 11.2. The normalized spacial score (nSPS) is 36.4. The van der Waals surface area contributed by atoms with Gasteiger partial charge in [0.05, 0.1) is 31.0 Å². The summed E-state index contributed by atoms with van der Waals surface area (Å²) in [6.45, 7) is 5.32. The third-order valence-corrected chi connectivity index (χ3v) is 3.63. The van der Waals surface area contributed by atoms with Crippen LogP contribution in [0.2, 0.25) is 0 Å². The molecule has 5 atom stereocenters. The molecule has 0 aromatic rings. The molecule has 0 aliphatic carbocycles. The molecular weight excluding hydrogens is 234 g/mol. The first kappa shape index (κ1) is 15.4. The van der Waals surface area contributed by atoms with Crippen molar-refractivity contribution in [1.82, 2.24) is 5.32 Å². The van der Waals surface area contributed by atoms with Gasteiger partial charge in [0.25, 0.3) is 0 Å². The zero-order chi connectivity index (χ0) is 13.7. The number of aliphatic hydroxyl groups excluding tert-OH is 2. The zero-order valence-corrected chi connectivity index (χ0v) is 11.4. The lowest BCUT2D eigenvalue weighted by atomic mass is 9.82. The van der Waals surface area contributed by atoms with Crippen LogP contribution in [-0.4, -0.2) is 47.1 Å². The van der Waals surface area contributed by atoms with Crippen LogP contribution in [0, 0.1) is 5.92 Å². The molecule has 0 saturated carbocycles. The second-order valence-electron chi connectivity index (χ2n) is 4.97. The predicted molar refractivity (Wildman–Crippen MR) is 68.0 cm³/mol. The summed E-state index contributed by atoms with van der Waals surface area (Å²) in [5, 5.41) is 22.5. The van der Waals surface area contributed by atoms with Gasteiger partial charge in [0, 0.05) is 12.8 Å². The molecule has 106 valence electrons. The van der Waals surface area contributed by atoms with E-state index in [0.29, 0.717) is 6.42 Å². The summed E-state index contributed by atoms with van der Waals surface area (Å²) >= 11 is 0. The molecule has 0 aromatic heterocycles. The fourth-order valence-corrected chi connectivity index (χ4v) is 2.74. The van der Waals surface area contributed by atoms with Crippen molar-refractivity contribution >= 4 is 5.91 Å². The predicted octanol–water partition coefficient (Wildman–Crippen LogP) is 0.438. The van der Waals surface area contributed by atoms with E-state index in [9.17, 15) is 15.0 Å². The van der Waals surface area contributed by atoms with Crippen molar-refractivity contribution in [3.05, 3.63) is 0 Å². The molecule has 18 heavy (non-hydrogen) atoms. The maximum absolute atomic E-state index is 11.2. The van der Waals surface area contributed by atoms with Gasteiger partial charge in [-0.15, -0.1) is 0 Å². The molecule has 1 aliphatic rings. The molecule has 0 bridgehead atoms. The topological polar surface area (TPSA) is 78.8 Å². The van der Waals surface area contributed by atoms with Crippen molar-refractivity contribution in [2.45, 2.75) is 64.4 Å². The molecule has 0 aromatic carbocycles. The molecule has 1 amide bonds. The molecular formula is C13H25NO4. The number of carbonyl (C=O) groups is 1. The van der Waals surface area contributed by atoms with Gasteiger partial charge in [-0.1, -0.05) is 20.3 Å². The minimum atomic E-state index is -0.665. The number of hydrogen-bond donors (Lipinski definition) is 3. The Kier molecular flexibility index (Phi) is 6.05. The van der Waals surface area contributed by atoms with E-state index in [1.807, 2.05) is 13.8 Å². The first-order valence-corrected chi connectivity index (χ1v) is 6.76. The van der Waals surface area contributed by atoms with Crippen LogP contribution in [0.15, 0.2) is 0 Å². The van der Waals surface area contributed by atoms with Crippen LogP contribution in [0.1, 0.15) is 40.0 Å². The number of aliphatic hydroxyl groups is 2. The van der Waals surface area contributed by atoms with E-state index >= 15 is 0 Å². The SMILES string of the molecule is CCCC1OC(CO)C(CC)C(O)C1NC(C)=O. The maximum Gasteiger partial charge on any atom is 0.217 e. The number of hydrogen-bond acceptors (Lipinski definition) is 4. The molecule has 5 nitrogen and oxygen atoms in total. The number of amides is 1. The van der Waals surface area contributed by atoms with Crippen molar-refractivity contribution in [2.75, 3.05) is 6.61 Å². The van der Waals surface area contributed by atoms with Gasteiger partial charge in [-0.05, 0) is 12.8 Å². The van der Waals surface area contributed by atoms with Gasteiger partial charge >= 0.3 is 0 Å². The first-order chi connectivity index (χ1) is 8.54. The van der Waals surface area contributed by atoms with Gasteiger partial charge in [-0.25, -0.2) is 0 Å². The molecule has 3 N–H and O–H groups in total. The lowest BCUT2D eigenvalue weighted by Crippen LogP contribution is -2.61. The van der Waals surface area contributed by atoms with Crippen molar-refractivity contribution in [3.63, 3.8) is 0 Å². The third kappa shape index (κ3) is 3.43. The summed E-state index contributed by atoms with van der Waals surface area (Å²) in [6, 6.07) is -0.379. The second-order valence-corrected chi connectivity index (χ2v) is 4.97. The minimum absolute atomic E-state index is 0.0947. The van der Waals surface area contributed by atoms with Crippen molar-refractivity contribution < 1.29 is 19.7 Å². The van der Waals surface area contributed by atoms with Crippen molar-refractivity contribution in [2.24, 2.45) is 5.92 Å². The number of carbonyl (C=O) groups excluding carboxylic acids is 1. The van der Waals surface area contributed by atoms with Gasteiger partial charge in [-0.2, -0.15) is 0 Å². The van der Waals surface area contributed by atoms with Gasteiger partial charge < -0.3 is 20.3 Å². The molecule has 5 heteroatoms. The Bertz CT molecular complexity index is 270. The van der Waals surface area contributed by atoms with Crippen LogP contribution in [0.25, 0.3) is 0 Å². The maximum atomic E-state index is 11.2. The average Bonchev–Trinajstić information content (AvgIpc) is 2.33. The fourth-order valence-electron chi connectivity index (χ4n) is 2.74. The highest BCUT2D eigenvalue weighted by molar-refractivity contribution is 5.73. The molecule has 1 heterocycles. The summed E-state index contributed by atoms with van der Waals surface area (Å²) in [6.07, 6.45) is 1.14. The smallest absolute Gasteiger partial charge is 0.217 e. The van der Waals surface area contributed by atoms with Crippen molar-refractivity contribution in [3.8, 4) is 0 Å². The van der Waals surface area contributed by atoms with Gasteiger partial charge in [0.2, 0.25) is 5.91 Å². The van der Waals surface area contributed by atoms with Crippen LogP contribution >= 0.6 is 0 Å². The van der Waals surface area contributed by atoms with E-state index in [4.69, 9.17) is 4.74 Å². The van der Waals surface area contributed by atoms with Gasteiger partial charge in [0.15, 0.2) is 0 Å². The lowest BCUT2D eigenvalue weighted by Gasteiger charge is -2.44. The first-order valence-electron chi connectivity index (χ1n) is 6.76. The molecule has 0 spiro atoms. The second kappa shape index (κ2) is 7.07. The van der Waals surface area contributed by atoms with E-state index in [1.54, 1.807) is 0 Å². The third-order valence-electron chi connectivity index (χ3n) is 3.63. The van der Waals surface area contributed by atoms with E-state index < -0.39 is 6.10 Å². The Balaban J connectivity index is 2.84. The Morgan fingerprint density at radius 1 is 1.33 bits per heavy atom. The van der Waals surface area contributed by atoms with Crippen molar-refractivity contribution in [1.29, 1.82) is 0 Å². The van der Waals surface area contributed by atoms with E-state index in [1.165, 1.54) is 6.92 Å². The summed E-state index contributed by atoms with van der Waals surface area (Å²) in [5.74, 6) is -0.305. The molecule has 1 saturated heterocycles. The van der Waals surface area contributed by atoms with E-state index in [2.05, 4.69) is 5.32 Å². The Morgan fingerprint density at radius 3 is 2.44 bits per heavy atom. The standard InChI is InChI=1S/C13H25NO4/c1-4-6-10-12(14-8(3)16)13(17)9(5-2)11(7-15)18-10/h9-13,15,17H,4-7H2,1-3H3,(H,14,16). The summed E-state index contributed by atoms with van der Waals surface area (Å²) in [7, 11) is 0. The van der Waals surface area contributed by atoms with Gasteiger partial charge in [0.1, 0.15) is 0 Å². The van der Waals surface area contributed by atoms with Gasteiger partial charge in [-0.3, -0.25) is 4.79 Å². The highest BCUT2D eigenvalue weighted by Gasteiger charge is 2.43. The Morgan fingerprint density at radius 2 is 2.00 bits per heavy atom. The van der Waals surface area contributed by atoms with Crippen LogP contribution < -0.4 is 5.32 Å². The molecule has 1 aliphatic heterocycles. The van der Waals surface area contributed by atoms with Crippen LogP contribution in [-0.2, 0) is 9.53 Å². The molecule has 0 radical (unpaired) electrons. The number of rotatable bonds is 5. The minimum Gasteiger partial charge on any atom is -0.394 e. The molecule has 5 unspecified atom stereocenters. The highest BCUT2D eigenvalue weighted by Crippen LogP contribution is 2.30. The van der Waals surface area contributed by atoms with Crippen LogP contribution in [0.3, 0.4) is 0 Å². The largest absolute Gasteiger partial charge is 0.394 e. The van der Waals surface area contributed by atoms with E-state index in [-0.39, 0.29) is 36.7 Å². The Hall–Kier alpha value is -0.650. The zero-order valence-electron chi connectivity index (χ0n) is 11.4. The average molecular weight is 259 g/mol. The Labute approximate surface area is 109 Å². The van der Waals surface area contributed by atoms with E-state index in [0.717, 1.165) is 12.8 Å². The monoisotopic (exact) mass is 259 g/mol. The molecule has 1 fully saturated rings. The van der Waals surface area contributed by atoms with Crippen LogP contribution in [0.4, 0.5) is 0 Å². The number of ether oxygens (including phenoxy) is 1. The summed E-state index contributed by atoms with van der Waals surface area (Å²) in [5.41, 5.74) is 0. The number of nitrogens with one attached hydrogen (secondary N) is 1.